The molecule has 4 rings (SSSR count). The topological polar surface area (TPSA) is 96.4 Å². The summed E-state index contributed by atoms with van der Waals surface area (Å²) >= 11 is 6.73. The van der Waals surface area contributed by atoms with Gasteiger partial charge in [-0.05, 0) is 24.3 Å². The van der Waals surface area contributed by atoms with Gasteiger partial charge < -0.3 is 4.90 Å². The van der Waals surface area contributed by atoms with Crippen LogP contribution in [0.2, 0.25) is 5.15 Å². The van der Waals surface area contributed by atoms with Crippen molar-refractivity contribution in [2.75, 3.05) is 26.2 Å². The van der Waals surface area contributed by atoms with Crippen LogP contribution < -0.4 is 0 Å². The number of rotatable bonds is 3. The lowest BCUT2D eigenvalue weighted by Crippen LogP contribution is -2.50. The summed E-state index contributed by atoms with van der Waals surface area (Å²) in [6, 6.07) is 8.09. The van der Waals surface area contributed by atoms with Crippen molar-refractivity contribution in [2.24, 2.45) is 0 Å². The number of hydrogen-bond acceptors (Lipinski definition) is 7. The van der Waals surface area contributed by atoms with Gasteiger partial charge in [0.25, 0.3) is 5.91 Å². The zero-order valence-electron chi connectivity index (χ0n) is 13.9. The van der Waals surface area contributed by atoms with Crippen molar-refractivity contribution in [1.29, 1.82) is 0 Å². The van der Waals surface area contributed by atoms with Gasteiger partial charge in [-0.25, -0.2) is 13.4 Å². The Morgan fingerprint density at radius 1 is 1.07 bits per heavy atom. The third kappa shape index (κ3) is 3.41. The Morgan fingerprint density at radius 3 is 2.56 bits per heavy atom. The van der Waals surface area contributed by atoms with Crippen LogP contribution >= 0.6 is 23.3 Å². The lowest BCUT2D eigenvalue weighted by molar-refractivity contribution is 0.0697. The Hall–Kier alpha value is -2.14. The first-order valence-corrected chi connectivity index (χ1v) is 10.6. The van der Waals surface area contributed by atoms with Gasteiger partial charge in [-0.2, -0.15) is 13.1 Å². The van der Waals surface area contributed by atoms with Gasteiger partial charge in [0.05, 0.1) is 17.3 Å². The van der Waals surface area contributed by atoms with Gasteiger partial charge in [-0.1, -0.05) is 17.7 Å². The van der Waals surface area contributed by atoms with E-state index in [0.717, 1.165) is 11.7 Å². The summed E-state index contributed by atoms with van der Waals surface area (Å²) in [5, 5.41) is 0.313. The van der Waals surface area contributed by atoms with E-state index in [1.807, 2.05) is 0 Å². The molecule has 1 aliphatic heterocycles. The van der Waals surface area contributed by atoms with Gasteiger partial charge in [-0.15, -0.1) is 0 Å². The maximum atomic E-state index is 13.0. The Labute approximate surface area is 164 Å². The van der Waals surface area contributed by atoms with Crippen molar-refractivity contribution in [3.63, 3.8) is 0 Å². The molecule has 0 aliphatic carbocycles. The molecule has 1 amide bonds. The first kappa shape index (κ1) is 18.2. The number of carbonyl (C=O) groups is 1. The minimum absolute atomic E-state index is 0.149. The van der Waals surface area contributed by atoms with Crippen molar-refractivity contribution in [3.05, 3.63) is 47.2 Å². The second-order valence-electron chi connectivity index (χ2n) is 5.95. The smallest absolute Gasteiger partial charge is 0.255 e. The fraction of sp³-hybridized carbons (Fsp3) is 0.250. The standard InChI is InChI=1S/C16H14ClN5O3S2/c17-14-5-4-11(10-18-14)16(23)21-6-8-22(9-7-21)27(24,25)13-3-1-2-12-15(13)20-26-19-12/h1-5,10H,6-9H2. The molecule has 2 aromatic heterocycles. The largest absolute Gasteiger partial charge is 0.336 e. The molecular formula is C16H14ClN5O3S2. The minimum atomic E-state index is -3.71. The van der Waals surface area contributed by atoms with Gasteiger partial charge in [0.1, 0.15) is 21.1 Å². The normalized spacial score (nSPS) is 16.0. The predicted molar refractivity (Wildman–Crippen MR) is 101 cm³/mol. The monoisotopic (exact) mass is 423 g/mol. The highest BCUT2D eigenvalue weighted by Crippen LogP contribution is 2.25. The van der Waals surface area contributed by atoms with E-state index in [-0.39, 0.29) is 23.9 Å². The van der Waals surface area contributed by atoms with Gasteiger partial charge in [0, 0.05) is 32.4 Å². The molecule has 0 saturated carbocycles. The number of amides is 1. The van der Waals surface area contributed by atoms with Crippen LogP contribution in [0.4, 0.5) is 0 Å². The molecule has 27 heavy (non-hydrogen) atoms. The average molecular weight is 424 g/mol. The van der Waals surface area contributed by atoms with Crippen molar-refractivity contribution in [1.82, 2.24) is 22.9 Å². The van der Waals surface area contributed by atoms with E-state index in [4.69, 9.17) is 11.6 Å². The molecule has 0 radical (unpaired) electrons. The zero-order chi connectivity index (χ0) is 19.0. The van der Waals surface area contributed by atoms with Crippen molar-refractivity contribution >= 4 is 50.3 Å². The molecule has 8 nitrogen and oxygen atoms in total. The number of aromatic nitrogens is 3. The number of fused-ring (bicyclic) bond motifs is 1. The summed E-state index contributed by atoms with van der Waals surface area (Å²) in [5.41, 5.74) is 1.37. The molecule has 1 fully saturated rings. The molecule has 0 atom stereocenters. The van der Waals surface area contributed by atoms with Crippen LogP contribution in [0.3, 0.4) is 0 Å². The van der Waals surface area contributed by atoms with E-state index < -0.39 is 10.0 Å². The molecule has 3 aromatic rings. The van der Waals surface area contributed by atoms with E-state index in [1.54, 1.807) is 29.2 Å². The fourth-order valence-electron chi connectivity index (χ4n) is 2.95. The molecule has 0 bridgehead atoms. The second-order valence-corrected chi connectivity index (χ2v) is 8.78. The van der Waals surface area contributed by atoms with E-state index in [0.29, 0.717) is 34.8 Å². The molecule has 1 aromatic carbocycles. The molecule has 0 spiro atoms. The van der Waals surface area contributed by atoms with Crippen molar-refractivity contribution in [3.8, 4) is 0 Å². The third-order valence-electron chi connectivity index (χ3n) is 4.37. The molecule has 0 N–H and O–H groups in total. The molecule has 11 heteroatoms. The summed E-state index contributed by atoms with van der Waals surface area (Å²) in [6.07, 6.45) is 1.42. The second kappa shape index (κ2) is 7.12. The maximum absolute atomic E-state index is 13.0. The van der Waals surface area contributed by atoms with Gasteiger partial charge in [0.2, 0.25) is 10.0 Å². The Bertz CT molecular complexity index is 1090. The molecule has 0 unspecified atom stereocenters. The van der Waals surface area contributed by atoms with Crippen LogP contribution in [0.1, 0.15) is 10.4 Å². The van der Waals surface area contributed by atoms with Crippen molar-refractivity contribution < 1.29 is 13.2 Å². The highest BCUT2D eigenvalue weighted by molar-refractivity contribution is 7.89. The number of pyridine rings is 1. The lowest BCUT2D eigenvalue weighted by Gasteiger charge is -2.34. The van der Waals surface area contributed by atoms with Crippen LogP contribution in [-0.2, 0) is 10.0 Å². The number of benzene rings is 1. The molecule has 1 saturated heterocycles. The number of piperazine rings is 1. The fourth-order valence-corrected chi connectivity index (χ4v) is 5.23. The van der Waals surface area contributed by atoms with E-state index in [2.05, 4.69) is 13.7 Å². The highest BCUT2D eigenvalue weighted by atomic mass is 35.5. The first-order chi connectivity index (χ1) is 13.0. The lowest BCUT2D eigenvalue weighted by atomic mass is 10.2. The Balaban J connectivity index is 1.51. The molecule has 3 heterocycles. The number of hydrogen-bond donors (Lipinski definition) is 0. The summed E-state index contributed by atoms with van der Waals surface area (Å²) < 4.78 is 35.6. The van der Waals surface area contributed by atoms with Crippen LogP contribution in [0, 0.1) is 0 Å². The number of nitrogens with zero attached hydrogens (tertiary/aromatic N) is 5. The number of sulfonamides is 1. The highest BCUT2D eigenvalue weighted by Gasteiger charge is 2.32. The SMILES string of the molecule is O=C(c1ccc(Cl)nc1)N1CCN(S(=O)(=O)c2cccc3nsnc23)CC1. The number of carbonyl (C=O) groups excluding carboxylic acids is 1. The number of halogens is 1. The van der Waals surface area contributed by atoms with Gasteiger partial charge in [0.15, 0.2) is 0 Å². The summed E-state index contributed by atoms with van der Waals surface area (Å²) in [5.74, 6) is -0.193. The van der Waals surface area contributed by atoms with E-state index in [1.165, 1.54) is 16.6 Å². The summed E-state index contributed by atoms with van der Waals surface area (Å²) in [6.45, 7) is 1.02. The zero-order valence-corrected chi connectivity index (χ0v) is 16.3. The summed E-state index contributed by atoms with van der Waals surface area (Å²) in [7, 11) is -3.71. The van der Waals surface area contributed by atoms with E-state index in [9.17, 15) is 13.2 Å². The predicted octanol–water partition coefficient (Wildman–Crippen LogP) is 1.89. The quantitative estimate of drug-likeness (QED) is 0.597. The first-order valence-electron chi connectivity index (χ1n) is 8.09. The third-order valence-corrected chi connectivity index (χ3v) is 7.06. The summed E-state index contributed by atoms with van der Waals surface area (Å²) in [4.78, 5) is 18.2. The molecular weight excluding hydrogens is 410 g/mol. The van der Waals surface area contributed by atoms with Crippen LogP contribution in [-0.4, -0.2) is 63.4 Å². The van der Waals surface area contributed by atoms with Crippen LogP contribution in [0.25, 0.3) is 11.0 Å². The minimum Gasteiger partial charge on any atom is -0.336 e. The van der Waals surface area contributed by atoms with Gasteiger partial charge in [-0.3, -0.25) is 4.79 Å². The molecule has 140 valence electrons. The average Bonchev–Trinajstić information content (AvgIpc) is 3.17. The Kier molecular flexibility index (Phi) is 4.81. The van der Waals surface area contributed by atoms with Crippen LogP contribution in [0.5, 0.6) is 0 Å². The van der Waals surface area contributed by atoms with E-state index >= 15 is 0 Å². The molecule has 1 aliphatic rings. The van der Waals surface area contributed by atoms with Gasteiger partial charge >= 0.3 is 0 Å². The Morgan fingerprint density at radius 2 is 1.85 bits per heavy atom. The van der Waals surface area contributed by atoms with Crippen LogP contribution in [0.15, 0.2) is 41.4 Å². The van der Waals surface area contributed by atoms with Crippen molar-refractivity contribution in [2.45, 2.75) is 4.90 Å². The maximum Gasteiger partial charge on any atom is 0.255 e.